The molecule has 0 bridgehead atoms. The van der Waals surface area contributed by atoms with Gasteiger partial charge in [0.15, 0.2) is 11.5 Å². The van der Waals surface area contributed by atoms with Gasteiger partial charge in [-0.15, -0.1) is 0 Å². The molecule has 0 aliphatic heterocycles. The smallest absolute Gasteiger partial charge is 0.308 e. The largest absolute Gasteiger partial charge is 0.435 e. The number of alkyl halides is 3. The summed E-state index contributed by atoms with van der Waals surface area (Å²) in [6.45, 7) is 0.983. The number of nitrogens with zero attached hydrogens (tertiary/aromatic N) is 5. The third-order valence-electron chi connectivity index (χ3n) is 3.71. The van der Waals surface area contributed by atoms with E-state index in [1.807, 2.05) is 6.07 Å². The maximum absolute atomic E-state index is 12.7. The Hall–Kier alpha value is -3.61. The molecule has 0 atom stereocenters. The summed E-state index contributed by atoms with van der Waals surface area (Å²) in [5.41, 5.74) is -0.140. The number of halogens is 3. The van der Waals surface area contributed by atoms with Gasteiger partial charge in [-0.3, -0.25) is 9.48 Å². The quantitative estimate of drug-likeness (QED) is 0.761. The van der Waals surface area contributed by atoms with Gasteiger partial charge in [0.25, 0.3) is 0 Å². The molecule has 1 amide bonds. The molecule has 3 rings (SSSR count). The van der Waals surface area contributed by atoms with Gasteiger partial charge in [0.1, 0.15) is 18.2 Å². The second kappa shape index (κ2) is 6.95. The van der Waals surface area contributed by atoms with Crippen molar-refractivity contribution in [2.24, 2.45) is 0 Å². The van der Waals surface area contributed by atoms with E-state index in [4.69, 9.17) is 0 Å². The van der Waals surface area contributed by atoms with Gasteiger partial charge < -0.3 is 5.32 Å². The van der Waals surface area contributed by atoms with Crippen molar-refractivity contribution in [1.82, 2.24) is 19.6 Å². The molecule has 7 nitrogen and oxygen atoms in total. The Labute approximate surface area is 151 Å². The minimum absolute atomic E-state index is 0.125. The molecule has 2 heterocycles. The molecular weight excluding hydrogens is 361 g/mol. The van der Waals surface area contributed by atoms with Gasteiger partial charge >= 0.3 is 6.18 Å². The molecular formula is C17H13F3N6O. The van der Waals surface area contributed by atoms with Crippen molar-refractivity contribution in [3.05, 3.63) is 59.5 Å². The number of nitrogens with one attached hydrogen (secondary N) is 1. The Balaban J connectivity index is 1.84. The molecule has 0 fully saturated rings. The Bertz CT molecular complexity index is 1010. The van der Waals surface area contributed by atoms with Crippen molar-refractivity contribution in [3.8, 4) is 11.8 Å². The zero-order valence-electron chi connectivity index (χ0n) is 14.0. The topological polar surface area (TPSA) is 88.5 Å². The Morgan fingerprint density at radius 2 is 2.00 bits per heavy atom. The maximum Gasteiger partial charge on any atom is 0.435 e. The predicted octanol–water partition coefficient (Wildman–Crippen LogP) is 2.91. The van der Waals surface area contributed by atoms with Crippen LogP contribution in [0.1, 0.15) is 17.0 Å². The third-order valence-corrected chi connectivity index (χ3v) is 3.71. The number of carbonyl (C=O) groups is 1. The summed E-state index contributed by atoms with van der Waals surface area (Å²) in [6.07, 6.45) is -3.30. The lowest BCUT2D eigenvalue weighted by molar-refractivity contribution is -0.141. The van der Waals surface area contributed by atoms with E-state index < -0.39 is 24.3 Å². The van der Waals surface area contributed by atoms with E-state index >= 15 is 0 Å². The Morgan fingerprint density at radius 1 is 1.30 bits per heavy atom. The molecule has 2 aromatic heterocycles. The Morgan fingerprint density at radius 3 is 2.59 bits per heavy atom. The number of benzene rings is 1. The molecule has 1 aromatic carbocycles. The molecule has 1 N–H and O–H groups in total. The SMILES string of the molecule is Cc1cc(C(F)(F)F)nn1CC(=O)Nc1c(C#N)cnn1-c1ccccc1. The molecule has 27 heavy (non-hydrogen) atoms. The molecule has 3 aromatic rings. The number of carbonyl (C=O) groups excluding carboxylic acids is 1. The second-order valence-electron chi connectivity index (χ2n) is 5.64. The summed E-state index contributed by atoms with van der Waals surface area (Å²) >= 11 is 0. The molecule has 0 unspecified atom stereocenters. The zero-order valence-corrected chi connectivity index (χ0v) is 14.0. The van der Waals surface area contributed by atoms with E-state index in [0.717, 1.165) is 10.7 Å². The summed E-state index contributed by atoms with van der Waals surface area (Å²) in [5, 5.41) is 19.2. The number of anilines is 1. The van der Waals surface area contributed by atoms with Gasteiger partial charge in [-0.25, -0.2) is 4.68 Å². The summed E-state index contributed by atoms with van der Waals surface area (Å²) in [6, 6.07) is 11.6. The van der Waals surface area contributed by atoms with Crippen LogP contribution in [-0.2, 0) is 17.5 Å². The van der Waals surface area contributed by atoms with Gasteiger partial charge in [0.2, 0.25) is 5.91 Å². The number of rotatable bonds is 4. The number of amides is 1. The first kappa shape index (κ1) is 18.2. The van der Waals surface area contributed by atoms with Crippen molar-refractivity contribution in [1.29, 1.82) is 5.26 Å². The van der Waals surface area contributed by atoms with Gasteiger partial charge in [0.05, 0.1) is 11.9 Å². The number of aryl methyl sites for hydroxylation is 1. The lowest BCUT2D eigenvalue weighted by atomic mass is 10.3. The van der Waals surface area contributed by atoms with Crippen LogP contribution in [-0.4, -0.2) is 25.5 Å². The molecule has 138 valence electrons. The van der Waals surface area contributed by atoms with Crippen LogP contribution in [0.3, 0.4) is 0 Å². The normalized spacial score (nSPS) is 11.2. The van der Waals surface area contributed by atoms with Crippen molar-refractivity contribution >= 4 is 11.7 Å². The van der Waals surface area contributed by atoms with E-state index in [0.29, 0.717) is 5.69 Å². The van der Waals surface area contributed by atoms with Crippen LogP contribution in [0.15, 0.2) is 42.6 Å². The minimum atomic E-state index is -4.59. The standard InChI is InChI=1S/C17H13F3N6O/c1-11-7-14(17(18,19)20)24-25(11)10-15(27)23-16-12(8-21)9-22-26(16)13-5-3-2-4-6-13/h2-7,9H,10H2,1H3,(H,23,27). The molecule has 0 radical (unpaired) electrons. The minimum Gasteiger partial charge on any atom is -0.308 e. The fourth-order valence-corrected chi connectivity index (χ4v) is 2.43. The summed E-state index contributed by atoms with van der Waals surface area (Å²) in [7, 11) is 0. The van der Waals surface area contributed by atoms with Crippen LogP contribution < -0.4 is 5.32 Å². The summed E-state index contributed by atoms with van der Waals surface area (Å²) < 4.78 is 40.5. The average molecular weight is 374 g/mol. The van der Waals surface area contributed by atoms with Crippen LogP contribution in [0, 0.1) is 18.3 Å². The van der Waals surface area contributed by atoms with Gasteiger partial charge in [-0.1, -0.05) is 18.2 Å². The highest BCUT2D eigenvalue weighted by atomic mass is 19.4. The number of hydrogen-bond acceptors (Lipinski definition) is 4. The third kappa shape index (κ3) is 3.82. The van der Waals surface area contributed by atoms with Crippen LogP contribution in [0.4, 0.5) is 19.0 Å². The number of aromatic nitrogens is 4. The predicted molar refractivity (Wildman–Crippen MR) is 88.9 cm³/mol. The van der Waals surface area contributed by atoms with Crippen molar-refractivity contribution < 1.29 is 18.0 Å². The maximum atomic E-state index is 12.7. The van der Waals surface area contributed by atoms with Crippen LogP contribution >= 0.6 is 0 Å². The van der Waals surface area contributed by atoms with E-state index in [-0.39, 0.29) is 17.1 Å². The van der Waals surface area contributed by atoms with Crippen molar-refractivity contribution in [3.63, 3.8) is 0 Å². The highest BCUT2D eigenvalue weighted by Crippen LogP contribution is 2.28. The van der Waals surface area contributed by atoms with Gasteiger partial charge in [-0.2, -0.15) is 28.6 Å². The summed E-state index contributed by atoms with van der Waals surface area (Å²) in [4.78, 5) is 12.3. The van der Waals surface area contributed by atoms with E-state index in [2.05, 4.69) is 15.5 Å². The fourth-order valence-electron chi connectivity index (χ4n) is 2.43. The second-order valence-corrected chi connectivity index (χ2v) is 5.64. The van der Waals surface area contributed by atoms with E-state index in [9.17, 15) is 23.2 Å². The highest BCUT2D eigenvalue weighted by Gasteiger charge is 2.34. The fraction of sp³-hybridized carbons (Fsp3) is 0.176. The van der Waals surface area contributed by atoms with Crippen LogP contribution in [0.5, 0.6) is 0 Å². The van der Waals surface area contributed by atoms with E-state index in [1.54, 1.807) is 30.3 Å². The molecule has 10 heteroatoms. The van der Waals surface area contributed by atoms with Crippen molar-refractivity contribution in [2.75, 3.05) is 5.32 Å². The monoisotopic (exact) mass is 374 g/mol. The number of para-hydroxylation sites is 1. The molecule has 0 saturated heterocycles. The Kier molecular flexibility index (Phi) is 4.68. The molecule has 0 aliphatic carbocycles. The number of nitriles is 1. The molecule has 0 spiro atoms. The lowest BCUT2D eigenvalue weighted by Gasteiger charge is -2.10. The zero-order chi connectivity index (χ0) is 19.6. The lowest BCUT2D eigenvalue weighted by Crippen LogP contribution is -2.22. The molecule has 0 saturated carbocycles. The first-order chi connectivity index (χ1) is 12.8. The average Bonchev–Trinajstić information content (AvgIpc) is 3.19. The molecule has 0 aliphatic rings. The van der Waals surface area contributed by atoms with Gasteiger partial charge in [0, 0.05) is 5.69 Å². The number of hydrogen-bond donors (Lipinski definition) is 1. The highest BCUT2D eigenvalue weighted by molar-refractivity contribution is 5.91. The first-order valence-corrected chi connectivity index (χ1v) is 7.74. The van der Waals surface area contributed by atoms with Gasteiger partial charge in [-0.05, 0) is 25.1 Å². The van der Waals surface area contributed by atoms with Crippen LogP contribution in [0.2, 0.25) is 0 Å². The van der Waals surface area contributed by atoms with Crippen LogP contribution in [0.25, 0.3) is 5.69 Å². The van der Waals surface area contributed by atoms with E-state index in [1.165, 1.54) is 17.8 Å². The first-order valence-electron chi connectivity index (χ1n) is 7.74. The van der Waals surface area contributed by atoms with Crippen molar-refractivity contribution in [2.45, 2.75) is 19.6 Å². The summed E-state index contributed by atoms with van der Waals surface area (Å²) in [5.74, 6) is -0.501.